The van der Waals surface area contributed by atoms with Crippen LogP contribution in [0.3, 0.4) is 0 Å². The van der Waals surface area contributed by atoms with E-state index in [-0.39, 0.29) is 11.4 Å². The molecule has 6 heteroatoms. The van der Waals surface area contributed by atoms with Crippen LogP contribution in [0, 0.1) is 0 Å². The summed E-state index contributed by atoms with van der Waals surface area (Å²) in [6, 6.07) is 7.62. The highest BCUT2D eigenvalue weighted by atomic mass is 32.2. The Balaban J connectivity index is 1.90. The Hall–Kier alpha value is -0.950. The average Bonchev–Trinajstić information content (AvgIpc) is 2.87. The molecular formula is C15H24N2O3S. The van der Waals surface area contributed by atoms with Gasteiger partial charge < -0.3 is 10.1 Å². The standard InChI is InChI=1S/C15H24N2O3S/c1-15(8-3-9-20-15)12-17-21(18,19)11-14-6-4-13(5-7-14)10-16-2/h4-7,16-17H,3,8-12H2,1-2H3. The van der Waals surface area contributed by atoms with Gasteiger partial charge in [0, 0.05) is 19.7 Å². The fourth-order valence-electron chi connectivity index (χ4n) is 2.47. The van der Waals surface area contributed by atoms with Crippen molar-refractivity contribution in [2.45, 2.75) is 37.7 Å². The van der Waals surface area contributed by atoms with Gasteiger partial charge in [0.1, 0.15) is 0 Å². The average molecular weight is 312 g/mol. The van der Waals surface area contributed by atoms with Crippen LogP contribution in [0.25, 0.3) is 0 Å². The van der Waals surface area contributed by atoms with E-state index in [9.17, 15) is 8.42 Å². The summed E-state index contributed by atoms with van der Waals surface area (Å²) in [4.78, 5) is 0. The van der Waals surface area contributed by atoms with Gasteiger partial charge in [0.2, 0.25) is 10.0 Å². The molecule has 1 aromatic carbocycles. The van der Waals surface area contributed by atoms with Gasteiger partial charge in [0.15, 0.2) is 0 Å². The summed E-state index contributed by atoms with van der Waals surface area (Å²) < 4.78 is 32.5. The monoisotopic (exact) mass is 312 g/mol. The van der Waals surface area contributed by atoms with Gasteiger partial charge in [-0.15, -0.1) is 0 Å². The maximum atomic E-state index is 12.1. The molecule has 1 saturated heterocycles. The van der Waals surface area contributed by atoms with Crippen molar-refractivity contribution < 1.29 is 13.2 Å². The Morgan fingerprint density at radius 3 is 2.48 bits per heavy atom. The number of ether oxygens (including phenoxy) is 1. The highest BCUT2D eigenvalue weighted by molar-refractivity contribution is 7.88. The summed E-state index contributed by atoms with van der Waals surface area (Å²) in [6.45, 7) is 3.79. The molecule has 2 rings (SSSR count). The number of benzene rings is 1. The molecule has 1 aliphatic rings. The zero-order valence-corrected chi connectivity index (χ0v) is 13.5. The summed E-state index contributed by atoms with van der Waals surface area (Å²) >= 11 is 0. The molecule has 0 amide bonds. The lowest BCUT2D eigenvalue weighted by Gasteiger charge is -2.23. The zero-order valence-electron chi connectivity index (χ0n) is 12.7. The van der Waals surface area contributed by atoms with Gasteiger partial charge in [-0.3, -0.25) is 0 Å². The maximum Gasteiger partial charge on any atom is 0.215 e. The molecule has 5 nitrogen and oxygen atoms in total. The maximum absolute atomic E-state index is 12.1. The van der Waals surface area contributed by atoms with E-state index < -0.39 is 10.0 Å². The fourth-order valence-corrected chi connectivity index (χ4v) is 3.73. The van der Waals surface area contributed by atoms with E-state index in [1.54, 1.807) is 0 Å². The normalized spacial score (nSPS) is 22.6. The molecule has 1 unspecified atom stereocenters. The lowest BCUT2D eigenvalue weighted by molar-refractivity contribution is 0.0250. The molecule has 1 aliphatic heterocycles. The van der Waals surface area contributed by atoms with Crippen molar-refractivity contribution >= 4 is 10.0 Å². The van der Waals surface area contributed by atoms with Crippen molar-refractivity contribution in [2.24, 2.45) is 0 Å². The first-order valence-electron chi connectivity index (χ1n) is 7.26. The Kier molecular flexibility index (Phi) is 5.37. The van der Waals surface area contributed by atoms with Gasteiger partial charge in [-0.25, -0.2) is 13.1 Å². The lowest BCUT2D eigenvalue weighted by Crippen LogP contribution is -2.40. The SMILES string of the molecule is CNCc1ccc(CS(=O)(=O)NCC2(C)CCCO2)cc1. The van der Waals surface area contributed by atoms with Gasteiger partial charge in [-0.1, -0.05) is 24.3 Å². The molecule has 2 N–H and O–H groups in total. The second kappa shape index (κ2) is 6.87. The van der Waals surface area contributed by atoms with Gasteiger partial charge in [-0.2, -0.15) is 0 Å². The van der Waals surface area contributed by atoms with Gasteiger partial charge in [-0.05, 0) is 37.9 Å². The summed E-state index contributed by atoms with van der Waals surface area (Å²) in [5.41, 5.74) is 1.57. The van der Waals surface area contributed by atoms with Crippen LogP contribution in [0.15, 0.2) is 24.3 Å². The summed E-state index contributed by atoms with van der Waals surface area (Å²) in [6.07, 6.45) is 1.89. The van der Waals surface area contributed by atoms with Crippen LogP contribution in [-0.2, 0) is 27.1 Å². The topological polar surface area (TPSA) is 67.4 Å². The molecule has 1 aromatic rings. The zero-order chi connectivity index (χ0) is 15.3. The van der Waals surface area contributed by atoms with Crippen molar-refractivity contribution in [1.29, 1.82) is 0 Å². The number of nitrogens with one attached hydrogen (secondary N) is 2. The second-order valence-electron chi connectivity index (χ2n) is 5.83. The quantitative estimate of drug-likeness (QED) is 0.798. The molecule has 0 aliphatic carbocycles. The fraction of sp³-hybridized carbons (Fsp3) is 0.600. The number of hydrogen-bond acceptors (Lipinski definition) is 4. The highest BCUT2D eigenvalue weighted by Crippen LogP contribution is 2.24. The molecule has 0 bridgehead atoms. The first kappa shape index (κ1) is 16.4. The third-order valence-electron chi connectivity index (χ3n) is 3.73. The number of hydrogen-bond donors (Lipinski definition) is 2. The smallest absolute Gasteiger partial charge is 0.215 e. The first-order chi connectivity index (χ1) is 9.92. The minimum Gasteiger partial charge on any atom is -0.374 e. The van der Waals surface area contributed by atoms with Crippen LogP contribution >= 0.6 is 0 Å². The van der Waals surface area contributed by atoms with E-state index in [1.165, 1.54) is 0 Å². The van der Waals surface area contributed by atoms with Gasteiger partial charge >= 0.3 is 0 Å². The minimum atomic E-state index is -3.33. The molecular weight excluding hydrogens is 288 g/mol. The van der Waals surface area contributed by atoms with E-state index in [0.717, 1.165) is 30.5 Å². The molecule has 1 heterocycles. The summed E-state index contributed by atoms with van der Waals surface area (Å²) in [5, 5.41) is 3.06. The Bertz CT molecular complexity index is 549. The molecule has 0 saturated carbocycles. The number of rotatable bonds is 7. The third-order valence-corrected chi connectivity index (χ3v) is 5.02. The molecule has 0 radical (unpaired) electrons. The van der Waals surface area contributed by atoms with Crippen LogP contribution in [0.5, 0.6) is 0 Å². The van der Waals surface area contributed by atoms with Crippen LogP contribution in [0.2, 0.25) is 0 Å². The van der Waals surface area contributed by atoms with Crippen LogP contribution in [0.4, 0.5) is 0 Å². The molecule has 1 atom stereocenters. The molecule has 0 spiro atoms. The van der Waals surface area contributed by atoms with Crippen LogP contribution in [-0.4, -0.2) is 34.2 Å². The summed E-state index contributed by atoms with van der Waals surface area (Å²) in [5.74, 6) is 0.00289. The molecule has 21 heavy (non-hydrogen) atoms. The highest BCUT2D eigenvalue weighted by Gasteiger charge is 2.31. The van der Waals surface area contributed by atoms with E-state index in [4.69, 9.17) is 4.74 Å². The minimum absolute atomic E-state index is 0.00289. The van der Waals surface area contributed by atoms with Gasteiger partial charge in [0.25, 0.3) is 0 Å². The Morgan fingerprint density at radius 2 is 1.90 bits per heavy atom. The van der Waals surface area contributed by atoms with Crippen molar-refractivity contribution in [3.05, 3.63) is 35.4 Å². The van der Waals surface area contributed by atoms with Crippen molar-refractivity contribution in [3.63, 3.8) is 0 Å². The lowest BCUT2D eigenvalue weighted by atomic mass is 10.0. The second-order valence-corrected chi connectivity index (χ2v) is 7.64. The number of sulfonamides is 1. The van der Waals surface area contributed by atoms with E-state index >= 15 is 0 Å². The molecule has 1 fully saturated rings. The van der Waals surface area contributed by atoms with E-state index in [2.05, 4.69) is 10.0 Å². The largest absolute Gasteiger partial charge is 0.374 e. The van der Waals surface area contributed by atoms with E-state index in [1.807, 2.05) is 38.2 Å². The van der Waals surface area contributed by atoms with Crippen molar-refractivity contribution in [2.75, 3.05) is 20.2 Å². The Labute approximate surface area is 127 Å². The predicted molar refractivity (Wildman–Crippen MR) is 83.4 cm³/mol. The van der Waals surface area contributed by atoms with Crippen molar-refractivity contribution in [3.8, 4) is 0 Å². The van der Waals surface area contributed by atoms with Gasteiger partial charge in [0.05, 0.1) is 11.4 Å². The predicted octanol–water partition coefficient (Wildman–Crippen LogP) is 1.39. The third kappa shape index (κ3) is 5.07. The first-order valence-corrected chi connectivity index (χ1v) is 8.91. The Morgan fingerprint density at radius 1 is 1.24 bits per heavy atom. The molecule has 118 valence electrons. The van der Waals surface area contributed by atoms with E-state index in [0.29, 0.717) is 13.2 Å². The van der Waals surface area contributed by atoms with Crippen LogP contribution in [0.1, 0.15) is 30.9 Å². The summed E-state index contributed by atoms with van der Waals surface area (Å²) in [7, 11) is -1.45. The molecule has 0 aromatic heterocycles. The van der Waals surface area contributed by atoms with Crippen LogP contribution < -0.4 is 10.0 Å². The van der Waals surface area contributed by atoms with Crippen molar-refractivity contribution in [1.82, 2.24) is 10.0 Å².